The van der Waals surface area contributed by atoms with Gasteiger partial charge < -0.3 is 0 Å². The summed E-state index contributed by atoms with van der Waals surface area (Å²) in [5, 5.41) is 10.7. The SMILES string of the molecule is N#CC(=CS(=O)(=O)Cc1ccc(Cl)cc1)c1ccccc1. The minimum absolute atomic E-state index is 0.129. The summed E-state index contributed by atoms with van der Waals surface area (Å²) in [7, 11) is -3.53. The number of sulfone groups is 1. The van der Waals surface area contributed by atoms with Crippen LogP contribution in [0.4, 0.5) is 0 Å². The van der Waals surface area contributed by atoms with Crippen LogP contribution in [0.2, 0.25) is 5.02 Å². The van der Waals surface area contributed by atoms with Gasteiger partial charge in [0.2, 0.25) is 0 Å². The first-order chi connectivity index (χ1) is 10.00. The molecule has 0 atom stereocenters. The molecule has 0 N–H and O–H groups in total. The zero-order chi connectivity index (χ0) is 15.3. The second-order valence-corrected chi connectivity index (χ2v) is 6.73. The highest BCUT2D eigenvalue weighted by molar-refractivity contribution is 7.93. The standard InChI is InChI=1S/C16H12ClNO2S/c17-16-8-6-13(7-9-16)11-21(19,20)12-15(10-18)14-4-2-1-3-5-14/h1-9,12H,11H2. The Morgan fingerprint density at radius 3 is 2.29 bits per heavy atom. The van der Waals surface area contributed by atoms with Crippen LogP contribution in [0.15, 0.2) is 60.0 Å². The number of hydrogen-bond acceptors (Lipinski definition) is 3. The van der Waals surface area contributed by atoms with Gasteiger partial charge in [-0.3, -0.25) is 0 Å². The maximum absolute atomic E-state index is 12.2. The number of nitriles is 1. The summed E-state index contributed by atoms with van der Waals surface area (Å²) >= 11 is 5.77. The van der Waals surface area contributed by atoms with Gasteiger partial charge in [-0.05, 0) is 23.3 Å². The predicted octanol–water partition coefficient (Wildman–Crippen LogP) is 3.82. The molecule has 106 valence electrons. The van der Waals surface area contributed by atoms with Crippen LogP contribution >= 0.6 is 11.6 Å². The largest absolute Gasteiger partial charge is 0.224 e. The molecule has 0 saturated heterocycles. The Bertz CT molecular complexity index is 788. The first kappa shape index (κ1) is 15.3. The van der Waals surface area contributed by atoms with E-state index >= 15 is 0 Å². The molecule has 0 fully saturated rings. The lowest BCUT2D eigenvalue weighted by molar-refractivity contribution is 0.604. The molecule has 0 aromatic heterocycles. The molecule has 21 heavy (non-hydrogen) atoms. The predicted molar refractivity (Wildman–Crippen MR) is 84.1 cm³/mol. The average molecular weight is 318 g/mol. The van der Waals surface area contributed by atoms with Crippen molar-refractivity contribution < 1.29 is 8.42 Å². The van der Waals surface area contributed by atoms with Gasteiger partial charge in [-0.2, -0.15) is 5.26 Å². The van der Waals surface area contributed by atoms with E-state index in [1.165, 1.54) is 0 Å². The van der Waals surface area contributed by atoms with E-state index in [0.717, 1.165) is 5.41 Å². The van der Waals surface area contributed by atoms with E-state index in [-0.39, 0.29) is 11.3 Å². The summed E-state index contributed by atoms with van der Waals surface area (Å²) in [6.07, 6.45) is 0. The Balaban J connectivity index is 2.29. The maximum atomic E-state index is 12.2. The highest BCUT2D eigenvalue weighted by atomic mass is 35.5. The minimum Gasteiger partial charge on any atom is -0.224 e. The number of benzene rings is 2. The molecule has 0 heterocycles. The number of allylic oxidation sites excluding steroid dienone is 1. The fourth-order valence-corrected chi connectivity index (χ4v) is 3.23. The Morgan fingerprint density at radius 2 is 1.71 bits per heavy atom. The smallest absolute Gasteiger partial charge is 0.177 e. The van der Waals surface area contributed by atoms with E-state index in [1.54, 1.807) is 54.6 Å². The molecule has 0 spiro atoms. The molecule has 0 radical (unpaired) electrons. The van der Waals surface area contributed by atoms with Crippen molar-refractivity contribution >= 4 is 27.0 Å². The number of rotatable bonds is 4. The Hall–Kier alpha value is -2.09. The van der Waals surface area contributed by atoms with E-state index in [1.807, 2.05) is 6.07 Å². The van der Waals surface area contributed by atoms with Crippen molar-refractivity contribution in [2.45, 2.75) is 5.75 Å². The van der Waals surface area contributed by atoms with Crippen molar-refractivity contribution in [1.82, 2.24) is 0 Å². The minimum atomic E-state index is -3.53. The van der Waals surface area contributed by atoms with Crippen LogP contribution in [-0.2, 0) is 15.6 Å². The van der Waals surface area contributed by atoms with Crippen molar-refractivity contribution in [3.8, 4) is 6.07 Å². The van der Waals surface area contributed by atoms with Gasteiger partial charge in [0, 0.05) is 10.4 Å². The second-order valence-electron chi connectivity index (χ2n) is 4.44. The van der Waals surface area contributed by atoms with E-state index in [2.05, 4.69) is 0 Å². The van der Waals surface area contributed by atoms with Crippen LogP contribution in [0.25, 0.3) is 5.57 Å². The van der Waals surface area contributed by atoms with E-state index in [0.29, 0.717) is 16.1 Å². The molecule has 2 aromatic rings. The second kappa shape index (κ2) is 6.57. The third-order valence-electron chi connectivity index (χ3n) is 2.78. The fraction of sp³-hybridized carbons (Fsp3) is 0.0625. The quantitative estimate of drug-likeness (QED) is 0.805. The average Bonchev–Trinajstić information content (AvgIpc) is 2.48. The summed E-state index contributed by atoms with van der Waals surface area (Å²) in [4.78, 5) is 0. The third kappa shape index (κ3) is 4.45. The van der Waals surface area contributed by atoms with Crippen molar-refractivity contribution in [2.75, 3.05) is 0 Å². The zero-order valence-electron chi connectivity index (χ0n) is 11.0. The normalized spacial score (nSPS) is 11.9. The van der Waals surface area contributed by atoms with E-state index in [9.17, 15) is 8.42 Å². The van der Waals surface area contributed by atoms with E-state index in [4.69, 9.17) is 16.9 Å². The van der Waals surface area contributed by atoms with E-state index < -0.39 is 9.84 Å². The van der Waals surface area contributed by atoms with Crippen LogP contribution in [0.1, 0.15) is 11.1 Å². The lowest BCUT2D eigenvalue weighted by atomic mass is 10.1. The molecule has 5 heteroatoms. The lowest BCUT2D eigenvalue weighted by Gasteiger charge is -2.02. The lowest BCUT2D eigenvalue weighted by Crippen LogP contribution is -2.01. The molecule has 0 amide bonds. The molecule has 2 rings (SSSR count). The van der Waals surface area contributed by atoms with Gasteiger partial charge in [-0.25, -0.2) is 8.42 Å². The fourth-order valence-electron chi connectivity index (χ4n) is 1.81. The first-order valence-electron chi connectivity index (χ1n) is 6.14. The third-order valence-corrected chi connectivity index (χ3v) is 4.37. The summed E-state index contributed by atoms with van der Waals surface area (Å²) in [6, 6.07) is 17.2. The van der Waals surface area contributed by atoms with Crippen molar-refractivity contribution in [3.63, 3.8) is 0 Å². The molecule has 0 aliphatic carbocycles. The van der Waals surface area contributed by atoms with Gasteiger partial charge in [0.05, 0.1) is 11.3 Å². The molecule has 0 aliphatic heterocycles. The van der Waals surface area contributed by atoms with Gasteiger partial charge in [-0.15, -0.1) is 0 Å². The van der Waals surface area contributed by atoms with Gasteiger partial charge in [0.15, 0.2) is 9.84 Å². The Labute approximate surface area is 129 Å². The number of hydrogen-bond donors (Lipinski definition) is 0. The van der Waals surface area contributed by atoms with Crippen LogP contribution in [0.3, 0.4) is 0 Å². The summed E-state index contributed by atoms with van der Waals surface area (Å²) < 4.78 is 24.3. The zero-order valence-corrected chi connectivity index (χ0v) is 12.6. The molecule has 0 aliphatic rings. The van der Waals surface area contributed by atoms with Crippen LogP contribution in [-0.4, -0.2) is 8.42 Å². The highest BCUT2D eigenvalue weighted by Crippen LogP contribution is 2.18. The highest BCUT2D eigenvalue weighted by Gasteiger charge is 2.12. The van der Waals surface area contributed by atoms with Gasteiger partial charge in [0.25, 0.3) is 0 Å². The summed E-state index contributed by atoms with van der Waals surface area (Å²) in [5.41, 5.74) is 1.34. The summed E-state index contributed by atoms with van der Waals surface area (Å²) in [6.45, 7) is 0. The van der Waals surface area contributed by atoms with Crippen molar-refractivity contribution in [3.05, 3.63) is 76.2 Å². The van der Waals surface area contributed by atoms with Crippen LogP contribution in [0.5, 0.6) is 0 Å². The maximum Gasteiger partial charge on any atom is 0.177 e. The Morgan fingerprint density at radius 1 is 1.10 bits per heavy atom. The molecule has 0 saturated carbocycles. The first-order valence-corrected chi connectivity index (χ1v) is 8.24. The van der Waals surface area contributed by atoms with Crippen molar-refractivity contribution in [1.29, 1.82) is 5.26 Å². The molecular weight excluding hydrogens is 306 g/mol. The Kier molecular flexibility index (Phi) is 4.79. The van der Waals surface area contributed by atoms with Gasteiger partial charge >= 0.3 is 0 Å². The molecule has 0 unspecified atom stereocenters. The van der Waals surface area contributed by atoms with Crippen LogP contribution in [0, 0.1) is 11.3 Å². The van der Waals surface area contributed by atoms with Gasteiger partial charge in [-0.1, -0.05) is 54.1 Å². The van der Waals surface area contributed by atoms with Crippen LogP contribution < -0.4 is 0 Å². The number of halogens is 1. The topological polar surface area (TPSA) is 57.9 Å². The summed E-state index contributed by atoms with van der Waals surface area (Å²) in [5.74, 6) is -0.165. The number of nitrogens with zero attached hydrogens (tertiary/aromatic N) is 1. The molecular formula is C16H12ClNO2S. The molecule has 0 bridgehead atoms. The molecule has 3 nitrogen and oxygen atoms in total. The van der Waals surface area contributed by atoms with Crippen molar-refractivity contribution in [2.24, 2.45) is 0 Å². The monoisotopic (exact) mass is 317 g/mol. The molecule has 2 aromatic carbocycles. The van der Waals surface area contributed by atoms with Gasteiger partial charge in [0.1, 0.15) is 6.07 Å².